The number of halogens is 1. The number of quaternary nitrogens is 1. The van der Waals surface area contributed by atoms with E-state index in [1.54, 1.807) is 24.3 Å². The van der Waals surface area contributed by atoms with Crippen LogP contribution in [0.4, 0.5) is 5.69 Å². The quantitative estimate of drug-likeness (QED) is 0.858. The van der Waals surface area contributed by atoms with Gasteiger partial charge in [-0.1, -0.05) is 11.6 Å². The van der Waals surface area contributed by atoms with E-state index in [0.29, 0.717) is 24.8 Å². The summed E-state index contributed by atoms with van der Waals surface area (Å²) in [6, 6.07) is 12.8. The third-order valence-electron chi connectivity index (χ3n) is 4.33. The lowest BCUT2D eigenvalue weighted by Gasteiger charge is -2.23. The number of anilines is 1. The zero-order chi connectivity index (χ0) is 17.8. The van der Waals surface area contributed by atoms with Crippen LogP contribution >= 0.6 is 11.6 Å². The molecule has 3 rings (SSSR count). The molecule has 0 saturated carbocycles. The second-order valence-electron chi connectivity index (χ2n) is 6.22. The molecular formula is C19H22ClN2O3+. The third-order valence-corrected chi connectivity index (χ3v) is 4.59. The number of rotatable bonds is 5. The van der Waals surface area contributed by atoms with Crippen molar-refractivity contribution in [2.24, 2.45) is 0 Å². The van der Waals surface area contributed by atoms with Gasteiger partial charge in [-0.2, -0.15) is 0 Å². The summed E-state index contributed by atoms with van der Waals surface area (Å²) in [6.07, 6.45) is 0. The van der Waals surface area contributed by atoms with Gasteiger partial charge in [-0.15, -0.1) is 0 Å². The molecule has 2 aromatic rings. The predicted octanol–water partition coefficient (Wildman–Crippen LogP) is 2.15. The minimum absolute atomic E-state index is 0.0302. The van der Waals surface area contributed by atoms with Crippen LogP contribution in [0.2, 0.25) is 5.02 Å². The highest BCUT2D eigenvalue weighted by molar-refractivity contribution is 6.30. The van der Waals surface area contributed by atoms with Gasteiger partial charge < -0.3 is 19.7 Å². The lowest BCUT2D eigenvalue weighted by atomic mass is 10.1. The fourth-order valence-corrected chi connectivity index (χ4v) is 2.81. The highest BCUT2D eigenvalue weighted by atomic mass is 35.5. The fourth-order valence-electron chi connectivity index (χ4n) is 2.68. The Morgan fingerprint density at radius 1 is 1.16 bits per heavy atom. The number of benzene rings is 2. The maximum atomic E-state index is 12.5. The topological polar surface area (TPSA) is 52.0 Å². The molecular weight excluding hydrogens is 340 g/mol. The lowest BCUT2D eigenvalue weighted by Crippen LogP contribution is -3.12. The van der Waals surface area contributed by atoms with Crippen LogP contribution in [0.1, 0.15) is 12.5 Å². The number of carbonyl (C=O) groups excluding carboxylic acids is 1. The zero-order valence-electron chi connectivity index (χ0n) is 14.3. The molecule has 0 fully saturated rings. The van der Waals surface area contributed by atoms with Crippen LogP contribution in [0.15, 0.2) is 42.5 Å². The maximum Gasteiger partial charge on any atom is 0.282 e. The number of likely N-dealkylation sites (N-methyl/N-ethyl adjacent to an activating group) is 1. The Morgan fingerprint density at radius 3 is 2.56 bits per heavy atom. The van der Waals surface area contributed by atoms with E-state index in [1.165, 1.54) is 0 Å². The average Bonchev–Trinajstić information content (AvgIpc) is 2.62. The molecule has 1 amide bonds. The minimum Gasteiger partial charge on any atom is -0.486 e. The number of nitrogens with one attached hydrogen (secondary N) is 2. The predicted molar refractivity (Wildman–Crippen MR) is 97.6 cm³/mol. The summed E-state index contributed by atoms with van der Waals surface area (Å²) in [7, 11) is 2.00. The summed E-state index contributed by atoms with van der Waals surface area (Å²) >= 11 is 5.87. The number of hydrogen-bond donors (Lipinski definition) is 2. The van der Waals surface area contributed by atoms with E-state index in [0.717, 1.165) is 27.6 Å². The highest BCUT2D eigenvalue weighted by Gasteiger charge is 2.23. The molecule has 1 aliphatic heterocycles. The Balaban J connectivity index is 1.60. The van der Waals surface area contributed by atoms with Crippen molar-refractivity contribution < 1.29 is 19.2 Å². The molecule has 132 valence electrons. The van der Waals surface area contributed by atoms with Crippen molar-refractivity contribution in [1.29, 1.82) is 0 Å². The third kappa shape index (κ3) is 4.44. The fraction of sp³-hybridized carbons (Fsp3) is 0.316. The van der Waals surface area contributed by atoms with Gasteiger partial charge in [0.25, 0.3) is 5.91 Å². The molecule has 0 radical (unpaired) electrons. The average molecular weight is 362 g/mol. The van der Waals surface area contributed by atoms with Crippen LogP contribution in [0.25, 0.3) is 0 Å². The van der Waals surface area contributed by atoms with Gasteiger partial charge in [0.05, 0.1) is 7.05 Å². The standard InChI is InChI=1S/C19H21ClN2O3/c1-13(19(23)21-16-6-4-15(20)5-7-16)22(2)12-14-3-8-17-18(11-14)25-10-9-24-17/h3-8,11,13H,9-10,12H2,1-2H3,(H,21,23)/p+1/t13-/m0/s1. The Hall–Kier alpha value is -2.24. The highest BCUT2D eigenvalue weighted by Crippen LogP contribution is 2.30. The van der Waals surface area contributed by atoms with Crippen LogP contribution in [0, 0.1) is 0 Å². The van der Waals surface area contributed by atoms with E-state index in [1.807, 2.05) is 32.2 Å². The summed E-state index contributed by atoms with van der Waals surface area (Å²) in [4.78, 5) is 13.5. The molecule has 1 heterocycles. The summed E-state index contributed by atoms with van der Waals surface area (Å²) in [6.45, 7) is 3.78. The molecule has 0 spiro atoms. The number of hydrogen-bond acceptors (Lipinski definition) is 3. The molecule has 6 heteroatoms. The van der Waals surface area contributed by atoms with Crippen LogP contribution in [0.5, 0.6) is 11.5 Å². The van der Waals surface area contributed by atoms with Gasteiger partial charge in [0.1, 0.15) is 19.8 Å². The zero-order valence-corrected chi connectivity index (χ0v) is 15.1. The van der Waals surface area contributed by atoms with Crippen molar-refractivity contribution in [2.45, 2.75) is 19.5 Å². The first-order valence-corrected chi connectivity index (χ1v) is 8.68. The van der Waals surface area contributed by atoms with Crippen molar-refractivity contribution in [1.82, 2.24) is 0 Å². The van der Waals surface area contributed by atoms with E-state index in [4.69, 9.17) is 21.1 Å². The van der Waals surface area contributed by atoms with Crippen molar-refractivity contribution in [3.8, 4) is 11.5 Å². The van der Waals surface area contributed by atoms with E-state index in [2.05, 4.69) is 5.32 Å². The molecule has 2 atom stereocenters. The van der Waals surface area contributed by atoms with Crippen LogP contribution < -0.4 is 19.7 Å². The SMILES string of the molecule is C[C@@H](C(=O)Nc1ccc(Cl)cc1)[NH+](C)Cc1ccc2c(c1)OCCO2. The van der Waals surface area contributed by atoms with Gasteiger partial charge in [0.15, 0.2) is 17.5 Å². The number of fused-ring (bicyclic) bond motifs is 1. The normalized spacial score (nSPS) is 15.3. The smallest absolute Gasteiger partial charge is 0.282 e. The lowest BCUT2D eigenvalue weighted by molar-refractivity contribution is -0.907. The molecule has 0 saturated heterocycles. The van der Waals surface area contributed by atoms with Crippen LogP contribution in [0.3, 0.4) is 0 Å². The molecule has 0 bridgehead atoms. The Kier molecular flexibility index (Phi) is 5.46. The summed E-state index contributed by atoms with van der Waals surface area (Å²) < 4.78 is 11.2. The van der Waals surface area contributed by atoms with E-state index in [9.17, 15) is 4.79 Å². The molecule has 25 heavy (non-hydrogen) atoms. The number of ether oxygens (including phenoxy) is 2. The molecule has 1 unspecified atom stereocenters. The Morgan fingerprint density at radius 2 is 1.84 bits per heavy atom. The Bertz CT molecular complexity index is 749. The van der Waals surface area contributed by atoms with Crippen molar-refractivity contribution in [3.63, 3.8) is 0 Å². The van der Waals surface area contributed by atoms with Crippen molar-refractivity contribution >= 4 is 23.2 Å². The van der Waals surface area contributed by atoms with Gasteiger partial charge >= 0.3 is 0 Å². The minimum atomic E-state index is -0.205. The molecule has 1 aliphatic rings. The second-order valence-corrected chi connectivity index (χ2v) is 6.66. The van der Waals surface area contributed by atoms with Gasteiger partial charge in [0, 0.05) is 16.3 Å². The summed E-state index contributed by atoms with van der Waals surface area (Å²) in [5.41, 5.74) is 1.85. The molecule has 0 aliphatic carbocycles. The molecule has 2 aromatic carbocycles. The van der Waals surface area contributed by atoms with Crippen molar-refractivity contribution in [2.75, 3.05) is 25.6 Å². The van der Waals surface area contributed by atoms with Crippen LogP contribution in [-0.2, 0) is 11.3 Å². The first-order valence-electron chi connectivity index (χ1n) is 8.30. The molecule has 5 nitrogen and oxygen atoms in total. The van der Waals surface area contributed by atoms with E-state index < -0.39 is 0 Å². The Labute approximate surface area is 152 Å². The molecule has 0 aromatic heterocycles. The summed E-state index contributed by atoms with van der Waals surface area (Å²) in [5.74, 6) is 1.52. The first-order chi connectivity index (χ1) is 12.0. The van der Waals surface area contributed by atoms with E-state index in [-0.39, 0.29) is 11.9 Å². The monoisotopic (exact) mass is 361 g/mol. The maximum absolute atomic E-state index is 12.5. The van der Waals surface area contributed by atoms with E-state index >= 15 is 0 Å². The number of amides is 1. The van der Waals surface area contributed by atoms with Gasteiger partial charge in [-0.25, -0.2) is 0 Å². The molecule has 2 N–H and O–H groups in total. The van der Waals surface area contributed by atoms with Crippen LogP contribution in [-0.4, -0.2) is 32.2 Å². The van der Waals surface area contributed by atoms with Gasteiger partial charge in [-0.05, 0) is 49.4 Å². The van der Waals surface area contributed by atoms with Crippen molar-refractivity contribution in [3.05, 3.63) is 53.1 Å². The second kappa shape index (κ2) is 7.76. The van der Waals surface area contributed by atoms with Gasteiger partial charge in [-0.3, -0.25) is 4.79 Å². The first kappa shape index (κ1) is 17.6. The van der Waals surface area contributed by atoms with Gasteiger partial charge in [0.2, 0.25) is 0 Å². The summed E-state index contributed by atoms with van der Waals surface area (Å²) in [5, 5.41) is 3.57. The number of carbonyl (C=O) groups is 1. The largest absolute Gasteiger partial charge is 0.486 e.